The number of benzene rings is 1. The van der Waals surface area contributed by atoms with Crippen LogP contribution in [0.4, 0.5) is 5.13 Å². The Labute approximate surface area is 151 Å². The molecule has 0 aliphatic heterocycles. The number of fused-ring (bicyclic) bond motifs is 1. The molecule has 8 nitrogen and oxygen atoms in total. The number of aromatic nitrogens is 5. The van der Waals surface area contributed by atoms with Gasteiger partial charge in [-0.25, -0.2) is 14.6 Å². The van der Waals surface area contributed by atoms with Gasteiger partial charge < -0.3 is 0 Å². The van der Waals surface area contributed by atoms with Crippen molar-refractivity contribution in [3.8, 4) is 5.95 Å². The Morgan fingerprint density at radius 1 is 1.23 bits per heavy atom. The van der Waals surface area contributed by atoms with Crippen LogP contribution in [-0.4, -0.2) is 30.6 Å². The minimum atomic E-state index is -0.317. The van der Waals surface area contributed by atoms with Gasteiger partial charge in [0.2, 0.25) is 5.95 Å². The van der Waals surface area contributed by atoms with E-state index in [2.05, 4.69) is 25.4 Å². The van der Waals surface area contributed by atoms with E-state index in [0.717, 1.165) is 10.2 Å². The van der Waals surface area contributed by atoms with Crippen molar-refractivity contribution in [1.82, 2.24) is 24.7 Å². The first kappa shape index (κ1) is 16.2. The van der Waals surface area contributed by atoms with Crippen molar-refractivity contribution in [3.05, 3.63) is 63.8 Å². The smallest absolute Gasteiger partial charge is 0.260 e. The largest absolute Gasteiger partial charge is 0.298 e. The SMILES string of the molecule is Cc1cc(=O)[nH]c(-n2ncc(C(=O)Nc3nc4ccccc4s3)c2C)n1. The lowest BCUT2D eigenvalue weighted by Gasteiger charge is -2.05. The third-order valence-electron chi connectivity index (χ3n) is 3.83. The number of nitrogens with one attached hydrogen (secondary N) is 2. The Bertz CT molecular complexity index is 1160. The molecule has 4 rings (SSSR count). The highest BCUT2D eigenvalue weighted by molar-refractivity contribution is 7.22. The van der Waals surface area contributed by atoms with Gasteiger partial charge in [-0.15, -0.1) is 0 Å². The third kappa shape index (κ3) is 2.88. The van der Waals surface area contributed by atoms with Crippen molar-refractivity contribution in [2.45, 2.75) is 13.8 Å². The zero-order valence-electron chi connectivity index (χ0n) is 14.0. The molecular weight excluding hydrogens is 352 g/mol. The molecule has 26 heavy (non-hydrogen) atoms. The van der Waals surface area contributed by atoms with Gasteiger partial charge in [-0.2, -0.15) is 5.10 Å². The number of rotatable bonds is 3. The molecule has 0 spiro atoms. The molecule has 0 aliphatic rings. The molecule has 0 fully saturated rings. The Hall–Kier alpha value is -3.33. The number of amides is 1. The number of hydrogen-bond acceptors (Lipinski definition) is 6. The molecule has 3 aromatic heterocycles. The van der Waals surface area contributed by atoms with E-state index in [-0.39, 0.29) is 17.4 Å². The van der Waals surface area contributed by atoms with E-state index in [1.54, 1.807) is 13.8 Å². The molecule has 0 bridgehead atoms. The molecule has 0 aliphatic carbocycles. The maximum atomic E-state index is 12.6. The minimum Gasteiger partial charge on any atom is -0.298 e. The van der Waals surface area contributed by atoms with Crippen LogP contribution in [0.3, 0.4) is 0 Å². The van der Waals surface area contributed by atoms with Gasteiger partial charge >= 0.3 is 0 Å². The fourth-order valence-corrected chi connectivity index (χ4v) is 3.46. The summed E-state index contributed by atoms with van der Waals surface area (Å²) in [7, 11) is 0. The van der Waals surface area contributed by atoms with Crippen LogP contribution in [0.25, 0.3) is 16.2 Å². The molecule has 130 valence electrons. The van der Waals surface area contributed by atoms with E-state index in [4.69, 9.17) is 0 Å². The molecule has 0 atom stereocenters. The first-order valence-corrected chi connectivity index (χ1v) is 8.63. The molecule has 1 amide bonds. The fraction of sp³-hybridized carbons (Fsp3) is 0.118. The van der Waals surface area contributed by atoms with Crippen molar-refractivity contribution in [1.29, 1.82) is 0 Å². The molecule has 0 saturated heterocycles. The van der Waals surface area contributed by atoms with Gasteiger partial charge in [0.1, 0.15) is 0 Å². The zero-order valence-corrected chi connectivity index (χ0v) is 14.8. The van der Waals surface area contributed by atoms with Gasteiger partial charge in [-0.05, 0) is 26.0 Å². The van der Waals surface area contributed by atoms with E-state index < -0.39 is 0 Å². The van der Waals surface area contributed by atoms with E-state index in [1.807, 2.05) is 24.3 Å². The Balaban J connectivity index is 1.64. The van der Waals surface area contributed by atoms with Crippen molar-refractivity contribution >= 4 is 32.6 Å². The summed E-state index contributed by atoms with van der Waals surface area (Å²) in [5.41, 5.74) is 2.08. The van der Waals surface area contributed by atoms with Crippen LogP contribution >= 0.6 is 11.3 Å². The van der Waals surface area contributed by atoms with Crippen LogP contribution in [0.15, 0.2) is 41.3 Å². The molecule has 1 aromatic carbocycles. The topological polar surface area (TPSA) is 106 Å². The lowest BCUT2D eigenvalue weighted by molar-refractivity contribution is 0.102. The van der Waals surface area contributed by atoms with Crippen molar-refractivity contribution in [2.75, 3.05) is 5.32 Å². The summed E-state index contributed by atoms with van der Waals surface area (Å²) in [4.78, 5) is 35.5. The maximum absolute atomic E-state index is 12.6. The number of para-hydroxylation sites is 1. The first-order chi connectivity index (χ1) is 12.5. The quantitative estimate of drug-likeness (QED) is 0.579. The van der Waals surface area contributed by atoms with Crippen molar-refractivity contribution in [2.24, 2.45) is 0 Å². The number of aromatic amines is 1. The number of carbonyl (C=O) groups is 1. The number of nitrogens with zero attached hydrogens (tertiary/aromatic N) is 4. The Morgan fingerprint density at radius 3 is 2.81 bits per heavy atom. The highest BCUT2D eigenvalue weighted by atomic mass is 32.1. The average molecular weight is 366 g/mol. The highest BCUT2D eigenvalue weighted by Crippen LogP contribution is 2.26. The number of aryl methyl sites for hydroxylation is 1. The summed E-state index contributed by atoms with van der Waals surface area (Å²) in [6.07, 6.45) is 1.44. The zero-order chi connectivity index (χ0) is 18.3. The minimum absolute atomic E-state index is 0.270. The fourth-order valence-electron chi connectivity index (χ4n) is 2.60. The Morgan fingerprint density at radius 2 is 2.04 bits per heavy atom. The predicted molar refractivity (Wildman–Crippen MR) is 99.0 cm³/mol. The number of carbonyl (C=O) groups excluding carboxylic acids is 1. The summed E-state index contributed by atoms with van der Waals surface area (Å²) >= 11 is 1.40. The second kappa shape index (κ2) is 6.19. The molecule has 2 N–H and O–H groups in total. The second-order valence-corrected chi connectivity index (χ2v) is 6.74. The number of thiazole rings is 1. The number of H-pyrrole nitrogens is 1. The van der Waals surface area contributed by atoms with Crippen LogP contribution in [0.2, 0.25) is 0 Å². The van der Waals surface area contributed by atoms with E-state index in [9.17, 15) is 9.59 Å². The van der Waals surface area contributed by atoms with Crippen molar-refractivity contribution < 1.29 is 4.79 Å². The van der Waals surface area contributed by atoms with Crippen LogP contribution < -0.4 is 10.9 Å². The lowest BCUT2D eigenvalue weighted by atomic mass is 10.2. The normalized spacial score (nSPS) is 11.0. The average Bonchev–Trinajstić information content (AvgIpc) is 3.16. The first-order valence-electron chi connectivity index (χ1n) is 7.81. The van der Waals surface area contributed by atoms with Gasteiger partial charge in [0.05, 0.1) is 27.7 Å². The Kier molecular flexibility index (Phi) is 3.85. The van der Waals surface area contributed by atoms with Gasteiger partial charge in [-0.1, -0.05) is 23.5 Å². The predicted octanol–water partition coefficient (Wildman–Crippen LogP) is 2.43. The second-order valence-electron chi connectivity index (χ2n) is 5.71. The van der Waals surface area contributed by atoms with E-state index in [0.29, 0.717) is 22.1 Å². The highest BCUT2D eigenvalue weighted by Gasteiger charge is 2.18. The molecule has 0 saturated carbocycles. The summed E-state index contributed by atoms with van der Waals surface area (Å²) in [6, 6.07) is 9.06. The van der Waals surface area contributed by atoms with E-state index in [1.165, 1.54) is 28.3 Å². The van der Waals surface area contributed by atoms with Gasteiger partial charge in [-0.3, -0.25) is 19.9 Å². The van der Waals surface area contributed by atoms with Crippen LogP contribution in [0, 0.1) is 13.8 Å². The van der Waals surface area contributed by atoms with Gasteiger partial charge in [0, 0.05) is 11.8 Å². The summed E-state index contributed by atoms with van der Waals surface area (Å²) in [6.45, 7) is 3.46. The van der Waals surface area contributed by atoms with E-state index >= 15 is 0 Å². The summed E-state index contributed by atoms with van der Waals surface area (Å²) < 4.78 is 2.43. The molecule has 3 heterocycles. The van der Waals surface area contributed by atoms with Gasteiger partial charge in [0.15, 0.2) is 5.13 Å². The van der Waals surface area contributed by atoms with Gasteiger partial charge in [0.25, 0.3) is 11.5 Å². The van der Waals surface area contributed by atoms with Crippen LogP contribution in [0.5, 0.6) is 0 Å². The molecular formula is C17H14N6O2S. The monoisotopic (exact) mass is 366 g/mol. The molecule has 4 aromatic rings. The third-order valence-corrected chi connectivity index (χ3v) is 4.78. The number of hydrogen-bond donors (Lipinski definition) is 2. The van der Waals surface area contributed by atoms with Crippen LogP contribution in [0.1, 0.15) is 21.7 Å². The maximum Gasteiger partial charge on any atom is 0.260 e. The van der Waals surface area contributed by atoms with Crippen LogP contribution in [-0.2, 0) is 0 Å². The molecule has 9 heteroatoms. The van der Waals surface area contributed by atoms with Crippen molar-refractivity contribution in [3.63, 3.8) is 0 Å². The molecule has 0 radical (unpaired) electrons. The lowest BCUT2D eigenvalue weighted by Crippen LogP contribution is -2.16. The summed E-state index contributed by atoms with van der Waals surface area (Å²) in [5, 5.41) is 7.50. The summed E-state index contributed by atoms with van der Waals surface area (Å²) in [5.74, 6) is -0.0469. The molecule has 0 unspecified atom stereocenters. The number of anilines is 1. The standard InChI is InChI=1S/C17H14N6O2S/c1-9-7-14(24)21-16(19-9)23-10(2)11(8-18-23)15(25)22-17-20-12-5-3-4-6-13(12)26-17/h3-8H,1-2H3,(H,19,21,24)(H,20,22,25).